The molecule has 0 aliphatic carbocycles. The topological polar surface area (TPSA) is 75.9 Å². The van der Waals surface area contributed by atoms with E-state index in [1.807, 2.05) is 20.8 Å². The lowest BCUT2D eigenvalue weighted by Gasteiger charge is -2.36. The molecule has 3 rings (SSSR count). The minimum Gasteiger partial charge on any atom is -0.368 e. The van der Waals surface area contributed by atoms with E-state index < -0.39 is 11.9 Å². The lowest BCUT2D eigenvalue weighted by Crippen LogP contribution is -2.45. The number of likely N-dealkylation sites (tertiary alicyclic amines) is 1. The molecule has 1 N–H and O–H groups in total. The Balaban J connectivity index is 1.64. The van der Waals surface area contributed by atoms with Crippen LogP contribution in [-0.2, 0) is 18.1 Å². The number of hydrogen-bond acceptors (Lipinski definition) is 6. The number of alkyl halides is 3. The predicted octanol–water partition coefficient (Wildman–Crippen LogP) is 3.32. The summed E-state index contributed by atoms with van der Waals surface area (Å²) < 4.78 is 40.1. The number of nitrogens with one attached hydrogen (secondary N) is 1. The first-order valence-electron chi connectivity index (χ1n) is 10.5. The van der Waals surface area contributed by atoms with E-state index in [1.165, 1.54) is 4.68 Å². The van der Waals surface area contributed by atoms with Crippen LogP contribution < -0.4 is 10.9 Å². The monoisotopic (exact) mass is 438 g/mol. The smallest absolute Gasteiger partial charge is 0.368 e. The van der Waals surface area contributed by atoms with Crippen LogP contribution in [0, 0.1) is 0 Å². The van der Waals surface area contributed by atoms with Crippen molar-refractivity contribution in [1.82, 2.24) is 24.6 Å². The molecular weight excluding hydrogens is 409 g/mol. The van der Waals surface area contributed by atoms with Gasteiger partial charge < -0.3 is 5.32 Å². The van der Waals surface area contributed by atoms with Crippen LogP contribution in [-0.4, -0.2) is 50.3 Å². The van der Waals surface area contributed by atoms with Gasteiger partial charge in [0.1, 0.15) is 17.8 Å². The van der Waals surface area contributed by atoms with Crippen molar-refractivity contribution in [1.29, 1.82) is 0 Å². The van der Waals surface area contributed by atoms with E-state index in [4.69, 9.17) is 0 Å². The number of aromatic nitrogens is 4. The molecule has 0 amide bonds. The van der Waals surface area contributed by atoms with Crippen LogP contribution in [0.4, 0.5) is 19.0 Å². The van der Waals surface area contributed by atoms with Crippen LogP contribution in [0.3, 0.4) is 0 Å². The number of hydrogen-bond donors (Lipinski definition) is 1. The van der Waals surface area contributed by atoms with Gasteiger partial charge in [-0.3, -0.25) is 9.69 Å². The van der Waals surface area contributed by atoms with Crippen molar-refractivity contribution in [3.63, 3.8) is 0 Å². The van der Waals surface area contributed by atoms with E-state index >= 15 is 0 Å². The molecule has 2 aromatic rings. The van der Waals surface area contributed by atoms with Gasteiger partial charge in [0.05, 0.1) is 12.2 Å². The minimum absolute atomic E-state index is 0.138. The summed E-state index contributed by atoms with van der Waals surface area (Å²) in [6, 6.07) is 4.38. The first kappa shape index (κ1) is 23.2. The summed E-state index contributed by atoms with van der Waals surface area (Å²) in [5.74, 6) is 0.156. The maximum atomic E-state index is 12.9. The summed E-state index contributed by atoms with van der Waals surface area (Å²) in [6.45, 7) is 8.60. The Hall–Kier alpha value is -2.49. The quantitative estimate of drug-likeness (QED) is 0.746. The lowest BCUT2D eigenvalue weighted by molar-refractivity contribution is -0.141. The van der Waals surface area contributed by atoms with Gasteiger partial charge >= 0.3 is 6.18 Å². The molecule has 170 valence electrons. The zero-order chi connectivity index (χ0) is 22.6. The van der Waals surface area contributed by atoms with Gasteiger partial charge in [0.2, 0.25) is 0 Å². The molecule has 1 saturated heterocycles. The van der Waals surface area contributed by atoms with Crippen LogP contribution in [0.2, 0.25) is 0 Å². The molecule has 0 radical (unpaired) electrons. The lowest BCUT2D eigenvalue weighted by atomic mass is 9.92. The molecular formula is C21H29F3N6O. The molecule has 2 aromatic heterocycles. The van der Waals surface area contributed by atoms with Gasteiger partial charge in [-0.1, -0.05) is 27.2 Å². The predicted molar refractivity (Wildman–Crippen MR) is 112 cm³/mol. The van der Waals surface area contributed by atoms with Crippen LogP contribution in [0.15, 0.2) is 29.3 Å². The van der Waals surface area contributed by atoms with Crippen molar-refractivity contribution >= 4 is 5.82 Å². The molecule has 1 aliphatic rings. The van der Waals surface area contributed by atoms with Crippen molar-refractivity contribution in [2.75, 3.05) is 25.0 Å². The van der Waals surface area contributed by atoms with Gasteiger partial charge in [-0.2, -0.15) is 18.3 Å². The fraction of sp³-hybridized carbons (Fsp3) is 0.619. The summed E-state index contributed by atoms with van der Waals surface area (Å²) in [5, 5.41) is 7.54. The molecule has 0 saturated carbocycles. The summed E-state index contributed by atoms with van der Waals surface area (Å²) in [4.78, 5) is 21.7. The molecule has 1 fully saturated rings. The van der Waals surface area contributed by atoms with Gasteiger partial charge in [0.25, 0.3) is 5.56 Å². The van der Waals surface area contributed by atoms with Gasteiger partial charge in [0, 0.05) is 36.7 Å². The Bertz CT molecular complexity index is 938. The molecule has 3 heterocycles. The highest BCUT2D eigenvalue weighted by atomic mass is 19.4. The Kier molecular flexibility index (Phi) is 6.98. The van der Waals surface area contributed by atoms with Gasteiger partial charge in [-0.05, 0) is 25.5 Å². The average molecular weight is 438 g/mol. The Morgan fingerprint density at radius 1 is 1.10 bits per heavy atom. The standard InChI is InChI=1S/C21H29F3N6O/c1-20(2,3)16-7-8-19(31)30(28-16)11-10-29-9-5-4-6-15(29)13-25-18-12-17(21(22,23)24)26-14-27-18/h7-8,12,14-15H,4-6,9-11,13H2,1-3H3,(H,25,26,27). The number of rotatable bonds is 6. The fourth-order valence-electron chi connectivity index (χ4n) is 3.65. The third kappa shape index (κ3) is 6.25. The maximum absolute atomic E-state index is 12.9. The van der Waals surface area contributed by atoms with E-state index in [2.05, 4.69) is 25.3 Å². The number of halogens is 3. The number of anilines is 1. The summed E-state index contributed by atoms with van der Waals surface area (Å²) in [5.41, 5.74) is -0.400. The highest BCUT2D eigenvalue weighted by Gasteiger charge is 2.33. The van der Waals surface area contributed by atoms with E-state index in [-0.39, 0.29) is 22.8 Å². The van der Waals surface area contributed by atoms with Crippen molar-refractivity contribution < 1.29 is 13.2 Å². The van der Waals surface area contributed by atoms with Crippen LogP contribution >= 0.6 is 0 Å². The Morgan fingerprint density at radius 2 is 1.87 bits per heavy atom. The second-order valence-corrected chi connectivity index (χ2v) is 8.88. The van der Waals surface area contributed by atoms with Crippen molar-refractivity contribution in [2.24, 2.45) is 0 Å². The number of piperidine rings is 1. The molecule has 1 aliphatic heterocycles. The summed E-state index contributed by atoms with van der Waals surface area (Å²) >= 11 is 0. The summed E-state index contributed by atoms with van der Waals surface area (Å²) in [6.07, 6.45) is -0.554. The molecule has 7 nitrogen and oxygen atoms in total. The molecule has 1 unspecified atom stereocenters. The van der Waals surface area contributed by atoms with E-state index in [1.54, 1.807) is 12.1 Å². The minimum atomic E-state index is -4.50. The van der Waals surface area contributed by atoms with Crippen molar-refractivity contribution in [3.05, 3.63) is 46.3 Å². The molecule has 10 heteroatoms. The van der Waals surface area contributed by atoms with Crippen LogP contribution in [0.1, 0.15) is 51.4 Å². The Labute approximate surface area is 179 Å². The van der Waals surface area contributed by atoms with Crippen LogP contribution in [0.25, 0.3) is 0 Å². The van der Waals surface area contributed by atoms with E-state index in [0.717, 1.165) is 43.9 Å². The third-order valence-corrected chi connectivity index (χ3v) is 5.46. The maximum Gasteiger partial charge on any atom is 0.433 e. The highest BCUT2D eigenvalue weighted by molar-refractivity contribution is 5.35. The summed E-state index contributed by atoms with van der Waals surface area (Å²) in [7, 11) is 0. The zero-order valence-corrected chi connectivity index (χ0v) is 18.1. The van der Waals surface area contributed by atoms with Crippen molar-refractivity contribution in [2.45, 2.75) is 64.2 Å². The largest absolute Gasteiger partial charge is 0.433 e. The van der Waals surface area contributed by atoms with Crippen LogP contribution in [0.5, 0.6) is 0 Å². The molecule has 31 heavy (non-hydrogen) atoms. The molecule has 1 atom stereocenters. The van der Waals surface area contributed by atoms with E-state index in [0.29, 0.717) is 19.6 Å². The van der Waals surface area contributed by atoms with Gasteiger partial charge in [-0.25, -0.2) is 14.6 Å². The molecule has 0 aromatic carbocycles. The second-order valence-electron chi connectivity index (χ2n) is 8.88. The third-order valence-electron chi connectivity index (χ3n) is 5.46. The van der Waals surface area contributed by atoms with E-state index in [9.17, 15) is 18.0 Å². The molecule has 0 spiro atoms. The normalized spacial score (nSPS) is 18.2. The molecule has 0 bridgehead atoms. The van der Waals surface area contributed by atoms with Gasteiger partial charge in [0.15, 0.2) is 0 Å². The number of nitrogens with zero attached hydrogens (tertiary/aromatic N) is 5. The second kappa shape index (κ2) is 9.33. The SMILES string of the molecule is CC(C)(C)c1ccc(=O)n(CCN2CCCCC2CNc2cc(C(F)(F)F)ncn2)n1. The first-order valence-corrected chi connectivity index (χ1v) is 10.5. The average Bonchev–Trinajstić information content (AvgIpc) is 2.71. The van der Waals surface area contributed by atoms with Crippen molar-refractivity contribution in [3.8, 4) is 0 Å². The fourth-order valence-corrected chi connectivity index (χ4v) is 3.65. The highest BCUT2D eigenvalue weighted by Crippen LogP contribution is 2.28. The zero-order valence-electron chi connectivity index (χ0n) is 18.1. The van der Waals surface area contributed by atoms with Gasteiger partial charge in [-0.15, -0.1) is 0 Å². The Morgan fingerprint density at radius 3 is 2.58 bits per heavy atom. The first-order chi connectivity index (χ1) is 14.5.